The molecule has 1 unspecified atom stereocenters. The average Bonchev–Trinajstić information content (AvgIpc) is 3.15. The monoisotopic (exact) mass is 386 g/mol. The van der Waals surface area contributed by atoms with Crippen LogP contribution < -0.4 is 16.4 Å². The van der Waals surface area contributed by atoms with Crippen molar-refractivity contribution >= 4 is 34.1 Å². The number of nitrogens with one attached hydrogen (secondary N) is 2. The highest BCUT2D eigenvalue weighted by Crippen LogP contribution is 2.26. The molecule has 1 aromatic heterocycles. The zero-order chi connectivity index (χ0) is 19.2. The number of rotatable bonds is 3. The third-order valence-electron chi connectivity index (χ3n) is 4.24. The van der Waals surface area contributed by atoms with Crippen LogP contribution in [0.2, 0.25) is 5.02 Å². The fourth-order valence-electron chi connectivity index (χ4n) is 2.96. The summed E-state index contributed by atoms with van der Waals surface area (Å²) in [6.07, 6.45) is 2.77. The summed E-state index contributed by atoms with van der Waals surface area (Å²) in [5.74, 6) is -0.740. The normalized spacial score (nSPS) is 15.9. The first-order chi connectivity index (χ1) is 13.0. The van der Waals surface area contributed by atoms with Gasteiger partial charge in [0.2, 0.25) is 0 Å². The van der Waals surface area contributed by atoms with Crippen molar-refractivity contribution in [2.75, 3.05) is 18.4 Å². The highest BCUT2D eigenvalue weighted by Gasteiger charge is 2.16. The number of anilines is 1. The van der Waals surface area contributed by atoms with Gasteiger partial charge in [-0.15, -0.1) is 0 Å². The standard InChI is InChI=1S/C14H16N4O.C6H4ClF/c15-14(19)11-3-4-12(18-9-5-7-16-8-9)10-2-1-6-17-13(10)11;7-5-2-1-3-6(8)4-5/h1-4,6,9,16,18H,5,7-8H2,(H2,15,19);1-4H. The van der Waals surface area contributed by atoms with Gasteiger partial charge in [-0.3, -0.25) is 9.78 Å². The van der Waals surface area contributed by atoms with Gasteiger partial charge in [0.15, 0.2) is 0 Å². The second kappa shape index (κ2) is 8.79. The number of halogens is 2. The van der Waals surface area contributed by atoms with E-state index >= 15 is 0 Å². The lowest BCUT2D eigenvalue weighted by Gasteiger charge is -2.15. The number of hydrogen-bond acceptors (Lipinski definition) is 4. The molecule has 27 heavy (non-hydrogen) atoms. The summed E-state index contributed by atoms with van der Waals surface area (Å²) in [7, 11) is 0. The molecule has 4 N–H and O–H groups in total. The van der Waals surface area contributed by atoms with Crippen LogP contribution in [0.1, 0.15) is 16.8 Å². The number of aromatic nitrogens is 1. The van der Waals surface area contributed by atoms with Crippen LogP contribution >= 0.6 is 11.6 Å². The molecule has 1 fully saturated rings. The number of pyridine rings is 1. The quantitative estimate of drug-likeness (QED) is 0.642. The fraction of sp³-hybridized carbons (Fsp3) is 0.200. The number of nitrogens with zero attached hydrogens (tertiary/aromatic N) is 1. The highest BCUT2D eigenvalue weighted by molar-refractivity contribution is 6.30. The molecule has 5 nitrogen and oxygen atoms in total. The van der Waals surface area contributed by atoms with Gasteiger partial charge >= 0.3 is 0 Å². The first-order valence-corrected chi connectivity index (χ1v) is 8.98. The fourth-order valence-corrected chi connectivity index (χ4v) is 3.13. The molecule has 140 valence electrons. The lowest BCUT2D eigenvalue weighted by Crippen LogP contribution is -2.22. The number of primary amides is 1. The van der Waals surface area contributed by atoms with Crippen molar-refractivity contribution in [3.63, 3.8) is 0 Å². The second-order valence-corrected chi connectivity index (χ2v) is 6.63. The molecule has 1 amide bonds. The van der Waals surface area contributed by atoms with Gasteiger partial charge < -0.3 is 16.4 Å². The predicted molar refractivity (Wildman–Crippen MR) is 107 cm³/mol. The van der Waals surface area contributed by atoms with Crippen molar-refractivity contribution in [3.8, 4) is 0 Å². The van der Waals surface area contributed by atoms with Gasteiger partial charge in [0.25, 0.3) is 5.91 Å². The van der Waals surface area contributed by atoms with Crippen molar-refractivity contribution < 1.29 is 9.18 Å². The van der Waals surface area contributed by atoms with Crippen LogP contribution in [0, 0.1) is 5.82 Å². The van der Waals surface area contributed by atoms with Crippen molar-refractivity contribution in [1.82, 2.24) is 10.3 Å². The molecular weight excluding hydrogens is 367 g/mol. The molecule has 0 saturated carbocycles. The number of hydrogen-bond donors (Lipinski definition) is 3. The first kappa shape index (κ1) is 19.1. The molecule has 2 aromatic carbocycles. The topological polar surface area (TPSA) is 80.0 Å². The molecule has 0 spiro atoms. The Morgan fingerprint density at radius 3 is 2.74 bits per heavy atom. The minimum Gasteiger partial charge on any atom is -0.380 e. The van der Waals surface area contributed by atoms with Crippen molar-refractivity contribution in [3.05, 3.63) is 71.1 Å². The smallest absolute Gasteiger partial charge is 0.250 e. The van der Waals surface area contributed by atoms with Gasteiger partial charge in [0.05, 0.1) is 11.1 Å². The largest absolute Gasteiger partial charge is 0.380 e. The second-order valence-electron chi connectivity index (χ2n) is 6.20. The molecule has 4 rings (SSSR count). The average molecular weight is 387 g/mol. The maximum Gasteiger partial charge on any atom is 0.250 e. The summed E-state index contributed by atoms with van der Waals surface area (Å²) in [5, 5.41) is 8.18. The molecular formula is C20H20ClFN4O. The molecule has 1 saturated heterocycles. The lowest BCUT2D eigenvalue weighted by atomic mass is 10.1. The van der Waals surface area contributed by atoms with E-state index in [0.717, 1.165) is 30.6 Å². The number of nitrogens with two attached hydrogens (primary N) is 1. The van der Waals surface area contributed by atoms with E-state index in [2.05, 4.69) is 15.6 Å². The summed E-state index contributed by atoms with van der Waals surface area (Å²) in [4.78, 5) is 15.7. The van der Waals surface area contributed by atoms with Gasteiger partial charge in [-0.05, 0) is 55.4 Å². The van der Waals surface area contributed by atoms with E-state index in [1.165, 1.54) is 12.1 Å². The maximum absolute atomic E-state index is 12.1. The summed E-state index contributed by atoms with van der Waals surface area (Å²) in [6, 6.07) is 13.7. The zero-order valence-corrected chi connectivity index (χ0v) is 15.3. The van der Waals surface area contributed by atoms with Crippen LogP contribution in [0.4, 0.5) is 10.1 Å². The van der Waals surface area contributed by atoms with Crippen LogP contribution in [-0.4, -0.2) is 30.0 Å². The molecule has 7 heteroatoms. The number of fused-ring (bicyclic) bond motifs is 1. The van der Waals surface area contributed by atoms with Crippen LogP contribution in [0.3, 0.4) is 0 Å². The molecule has 1 atom stereocenters. The lowest BCUT2D eigenvalue weighted by molar-refractivity contribution is 0.100. The summed E-state index contributed by atoms with van der Waals surface area (Å²) < 4.78 is 12.1. The predicted octanol–water partition coefficient (Wildman–Crippen LogP) is 3.59. The van der Waals surface area contributed by atoms with Crippen molar-refractivity contribution in [2.45, 2.75) is 12.5 Å². The molecule has 1 aliphatic rings. The first-order valence-electron chi connectivity index (χ1n) is 8.60. The van der Waals surface area contributed by atoms with Crippen LogP contribution in [-0.2, 0) is 0 Å². The minimum atomic E-state index is -0.446. The van der Waals surface area contributed by atoms with E-state index < -0.39 is 5.91 Å². The Hall–Kier alpha value is -2.70. The van der Waals surface area contributed by atoms with Crippen LogP contribution in [0.5, 0.6) is 0 Å². The summed E-state index contributed by atoms with van der Waals surface area (Å²) >= 11 is 5.40. The van der Waals surface area contributed by atoms with Crippen LogP contribution in [0.15, 0.2) is 54.7 Å². The van der Waals surface area contributed by atoms with Crippen molar-refractivity contribution in [1.29, 1.82) is 0 Å². The van der Waals surface area contributed by atoms with E-state index in [4.69, 9.17) is 17.3 Å². The van der Waals surface area contributed by atoms with Crippen molar-refractivity contribution in [2.24, 2.45) is 5.73 Å². The van der Waals surface area contributed by atoms with Gasteiger partial charge in [0, 0.05) is 34.9 Å². The number of amides is 1. The SMILES string of the molecule is Fc1cccc(Cl)c1.NC(=O)c1ccc(NC2CCNC2)c2cccnc12. The van der Waals surface area contributed by atoms with E-state index in [1.807, 2.05) is 18.2 Å². The third-order valence-corrected chi connectivity index (χ3v) is 4.48. The molecule has 0 radical (unpaired) electrons. The molecule has 0 aliphatic carbocycles. The zero-order valence-electron chi connectivity index (χ0n) is 14.6. The highest BCUT2D eigenvalue weighted by atomic mass is 35.5. The van der Waals surface area contributed by atoms with Gasteiger partial charge in [-0.2, -0.15) is 0 Å². The number of carbonyl (C=O) groups is 1. The Morgan fingerprint density at radius 1 is 1.26 bits per heavy atom. The Balaban J connectivity index is 0.000000221. The van der Waals surface area contributed by atoms with E-state index in [9.17, 15) is 9.18 Å². The Morgan fingerprint density at radius 2 is 2.11 bits per heavy atom. The number of carbonyl (C=O) groups excluding carboxylic acids is 1. The Bertz CT molecular complexity index is 927. The Kier molecular flexibility index (Phi) is 6.21. The Labute approximate surface area is 161 Å². The molecule has 1 aliphatic heterocycles. The molecule has 2 heterocycles. The van der Waals surface area contributed by atoms with Gasteiger partial charge in [-0.1, -0.05) is 17.7 Å². The van der Waals surface area contributed by atoms with Gasteiger partial charge in [-0.25, -0.2) is 4.39 Å². The third kappa shape index (κ3) is 4.93. The minimum absolute atomic E-state index is 0.294. The molecule has 3 aromatic rings. The summed E-state index contributed by atoms with van der Waals surface area (Å²) in [5.41, 5.74) is 7.51. The van der Waals surface area contributed by atoms with E-state index in [1.54, 1.807) is 24.4 Å². The van der Waals surface area contributed by atoms with Gasteiger partial charge in [0.1, 0.15) is 5.82 Å². The number of benzene rings is 2. The molecule has 0 bridgehead atoms. The summed E-state index contributed by atoms with van der Waals surface area (Å²) in [6.45, 7) is 1.99. The maximum atomic E-state index is 12.1. The van der Waals surface area contributed by atoms with E-state index in [0.29, 0.717) is 22.1 Å². The van der Waals surface area contributed by atoms with Crippen LogP contribution in [0.25, 0.3) is 10.9 Å². The van der Waals surface area contributed by atoms with E-state index in [-0.39, 0.29) is 5.82 Å².